The van der Waals surface area contributed by atoms with Crippen LogP contribution in [0.1, 0.15) is 39.3 Å². The Morgan fingerprint density at radius 3 is 2.37 bits per heavy atom. The number of piperidine rings is 1. The van der Waals surface area contributed by atoms with Crippen LogP contribution >= 0.6 is 0 Å². The maximum atomic E-state index is 13.9. The molecule has 9 nitrogen and oxygen atoms in total. The second kappa shape index (κ2) is 12.2. The van der Waals surface area contributed by atoms with Crippen molar-refractivity contribution < 1.29 is 27.8 Å². The summed E-state index contributed by atoms with van der Waals surface area (Å²) in [6.07, 6.45) is 3.43. The van der Waals surface area contributed by atoms with Crippen molar-refractivity contribution in [2.24, 2.45) is 0 Å². The third kappa shape index (κ3) is 6.80. The number of aromatic nitrogens is 2. The molecule has 1 aliphatic rings. The van der Waals surface area contributed by atoms with Gasteiger partial charge in [0.25, 0.3) is 11.8 Å². The van der Waals surface area contributed by atoms with Crippen molar-refractivity contribution in [1.82, 2.24) is 14.9 Å². The lowest BCUT2D eigenvalue weighted by Crippen LogP contribution is -2.42. The van der Waals surface area contributed by atoms with Crippen LogP contribution in [0.15, 0.2) is 79.1 Å². The summed E-state index contributed by atoms with van der Waals surface area (Å²) >= 11 is 0. The van der Waals surface area contributed by atoms with E-state index in [9.17, 15) is 18.4 Å². The van der Waals surface area contributed by atoms with Crippen molar-refractivity contribution in [1.29, 1.82) is 5.26 Å². The van der Waals surface area contributed by atoms with Crippen LogP contribution in [-0.2, 0) is 0 Å². The molecule has 0 aliphatic carbocycles. The van der Waals surface area contributed by atoms with E-state index in [0.29, 0.717) is 48.8 Å². The van der Waals surface area contributed by atoms with Crippen LogP contribution in [0.4, 0.5) is 14.5 Å². The molecule has 0 saturated carbocycles. The number of nitriles is 1. The predicted octanol–water partition coefficient (Wildman–Crippen LogP) is 5.35. The fraction of sp³-hybridized carbons (Fsp3) is 0.167. The molecule has 11 heteroatoms. The molecule has 206 valence electrons. The number of pyridine rings is 2. The number of amides is 2. The number of halogens is 2. The summed E-state index contributed by atoms with van der Waals surface area (Å²) < 4.78 is 38.3. The number of carbonyl (C=O) groups excluding carboxylic acids is 2. The van der Waals surface area contributed by atoms with Gasteiger partial charge in [-0.3, -0.25) is 14.6 Å². The fourth-order valence-electron chi connectivity index (χ4n) is 4.18. The van der Waals surface area contributed by atoms with Crippen molar-refractivity contribution in [3.8, 4) is 23.4 Å². The van der Waals surface area contributed by atoms with Crippen molar-refractivity contribution in [2.75, 3.05) is 18.4 Å². The zero-order valence-corrected chi connectivity index (χ0v) is 21.6. The van der Waals surface area contributed by atoms with Gasteiger partial charge in [0.05, 0.1) is 29.1 Å². The lowest BCUT2D eigenvalue weighted by molar-refractivity contribution is 0.0582. The van der Waals surface area contributed by atoms with Crippen molar-refractivity contribution in [3.63, 3.8) is 0 Å². The van der Waals surface area contributed by atoms with Crippen LogP contribution in [0, 0.1) is 23.0 Å². The molecular formula is C30H23F2N5O4. The molecule has 41 heavy (non-hydrogen) atoms. The van der Waals surface area contributed by atoms with E-state index in [-0.39, 0.29) is 29.0 Å². The van der Waals surface area contributed by atoms with Crippen molar-refractivity contribution >= 4 is 17.5 Å². The molecule has 1 aliphatic heterocycles. The summed E-state index contributed by atoms with van der Waals surface area (Å²) in [4.78, 5) is 35.6. The van der Waals surface area contributed by atoms with Crippen LogP contribution in [0.3, 0.4) is 0 Å². The molecule has 1 N–H and O–H groups in total. The number of nitrogens with one attached hydrogen (secondary N) is 1. The highest BCUT2D eigenvalue weighted by Crippen LogP contribution is 2.24. The highest BCUT2D eigenvalue weighted by Gasteiger charge is 2.26. The molecule has 2 aromatic carbocycles. The molecule has 2 aromatic heterocycles. The molecule has 0 spiro atoms. The van der Waals surface area contributed by atoms with Gasteiger partial charge in [0.2, 0.25) is 5.88 Å². The number of hydrogen-bond donors (Lipinski definition) is 1. The SMILES string of the molecule is N#Cc1ccc(Oc2ccc(NC(=O)c3ccc(C(=O)N4CCC(Oc5ccc(F)cc5F)CC4)nc3)cn2)cc1. The lowest BCUT2D eigenvalue weighted by atomic mass is 10.1. The molecule has 0 atom stereocenters. The van der Waals surface area contributed by atoms with E-state index in [2.05, 4.69) is 15.3 Å². The van der Waals surface area contributed by atoms with Gasteiger partial charge in [-0.15, -0.1) is 0 Å². The normalized spacial score (nSPS) is 13.2. The predicted molar refractivity (Wildman–Crippen MR) is 144 cm³/mol. The average molecular weight is 556 g/mol. The van der Waals surface area contributed by atoms with Crippen LogP contribution in [0.25, 0.3) is 0 Å². The number of nitrogens with zero attached hydrogens (tertiary/aromatic N) is 4. The first kappa shape index (κ1) is 27.2. The average Bonchev–Trinajstić information content (AvgIpc) is 3.00. The van der Waals surface area contributed by atoms with Crippen LogP contribution < -0.4 is 14.8 Å². The maximum Gasteiger partial charge on any atom is 0.272 e. The largest absolute Gasteiger partial charge is 0.487 e. The topological polar surface area (TPSA) is 117 Å². The van der Waals surface area contributed by atoms with Gasteiger partial charge < -0.3 is 19.7 Å². The van der Waals surface area contributed by atoms with Crippen LogP contribution in [-0.4, -0.2) is 45.9 Å². The van der Waals surface area contributed by atoms with Gasteiger partial charge >= 0.3 is 0 Å². The Labute approximate surface area is 234 Å². The summed E-state index contributed by atoms with van der Waals surface area (Å²) in [5.74, 6) is -1.34. The zero-order chi connectivity index (χ0) is 28.8. The van der Waals surface area contributed by atoms with Gasteiger partial charge in [-0.2, -0.15) is 5.26 Å². The van der Waals surface area contributed by atoms with E-state index in [1.54, 1.807) is 41.3 Å². The van der Waals surface area contributed by atoms with E-state index < -0.39 is 17.5 Å². The zero-order valence-electron chi connectivity index (χ0n) is 21.6. The molecule has 1 saturated heterocycles. The van der Waals surface area contributed by atoms with E-state index in [4.69, 9.17) is 14.7 Å². The minimum Gasteiger partial charge on any atom is -0.487 e. The number of ether oxygens (including phenoxy) is 2. The minimum atomic E-state index is -0.765. The number of carbonyl (C=O) groups is 2. The van der Waals surface area contributed by atoms with Gasteiger partial charge in [-0.05, 0) is 54.6 Å². The number of likely N-dealkylation sites (tertiary alicyclic amines) is 1. The highest BCUT2D eigenvalue weighted by atomic mass is 19.1. The van der Waals surface area contributed by atoms with Crippen molar-refractivity contribution in [3.05, 3.63) is 108 Å². The van der Waals surface area contributed by atoms with Crippen LogP contribution in [0.5, 0.6) is 17.4 Å². The Balaban J connectivity index is 1.11. The third-order valence-electron chi connectivity index (χ3n) is 6.36. The molecule has 0 radical (unpaired) electrons. The molecule has 0 bridgehead atoms. The Kier molecular flexibility index (Phi) is 8.10. The van der Waals surface area contributed by atoms with Gasteiger partial charge in [-0.1, -0.05) is 0 Å². The summed E-state index contributed by atoms with van der Waals surface area (Å²) in [7, 11) is 0. The Bertz CT molecular complexity index is 1580. The number of rotatable bonds is 7. The van der Waals surface area contributed by atoms with Gasteiger partial charge in [0.15, 0.2) is 11.6 Å². The molecule has 1 fully saturated rings. The fourth-order valence-corrected chi connectivity index (χ4v) is 4.18. The summed E-state index contributed by atoms with van der Waals surface area (Å²) in [6.45, 7) is 0.766. The van der Waals surface area contributed by atoms with Gasteiger partial charge in [0.1, 0.15) is 23.4 Å². The first-order valence-corrected chi connectivity index (χ1v) is 12.7. The summed E-state index contributed by atoms with van der Waals surface area (Å²) in [5.41, 5.74) is 1.40. The molecule has 4 aromatic rings. The Morgan fingerprint density at radius 2 is 1.73 bits per heavy atom. The molecule has 2 amide bonds. The second-order valence-corrected chi connectivity index (χ2v) is 9.19. The standard InChI is InChI=1S/C30H23F2N5O4/c31-21-4-9-27(25(32)15-21)40-24-11-13-37(14-12-24)30(39)26-8-3-20(17-34-26)29(38)36-22-5-10-28(35-18-22)41-23-6-1-19(16-33)2-7-23/h1-10,15,17-18,24H,11-14H2,(H,36,38). The third-order valence-corrected chi connectivity index (χ3v) is 6.36. The number of hydrogen-bond acceptors (Lipinski definition) is 7. The van der Waals surface area contributed by atoms with E-state index >= 15 is 0 Å². The summed E-state index contributed by atoms with van der Waals surface area (Å²) in [6, 6.07) is 18.0. The van der Waals surface area contributed by atoms with Gasteiger partial charge in [0, 0.05) is 44.3 Å². The van der Waals surface area contributed by atoms with E-state index in [1.165, 1.54) is 30.6 Å². The first-order valence-electron chi connectivity index (χ1n) is 12.7. The highest BCUT2D eigenvalue weighted by molar-refractivity contribution is 6.04. The quantitative estimate of drug-likeness (QED) is 0.326. The van der Waals surface area contributed by atoms with Crippen LogP contribution in [0.2, 0.25) is 0 Å². The van der Waals surface area contributed by atoms with Gasteiger partial charge in [-0.25, -0.2) is 13.8 Å². The Hall–Kier alpha value is -5.37. The minimum absolute atomic E-state index is 0.0186. The second-order valence-electron chi connectivity index (χ2n) is 9.19. The maximum absolute atomic E-state index is 13.9. The summed E-state index contributed by atoms with van der Waals surface area (Å²) in [5, 5.41) is 11.6. The van der Waals surface area contributed by atoms with Crippen molar-refractivity contribution in [2.45, 2.75) is 18.9 Å². The smallest absolute Gasteiger partial charge is 0.272 e. The monoisotopic (exact) mass is 555 g/mol. The number of anilines is 1. The van der Waals surface area contributed by atoms with E-state index in [0.717, 1.165) is 12.1 Å². The first-order chi connectivity index (χ1) is 19.9. The number of benzene rings is 2. The molecular weight excluding hydrogens is 532 g/mol. The molecule has 3 heterocycles. The van der Waals surface area contributed by atoms with E-state index in [1.807, 2.05) is 6.07 Å². The lowest BCUT2D eigenvalue weighted by Gasteiger charge is -2.32. The Morgan fingerprint density at radius 1 is 0.951 bits per heavy atom. The molecule has 0 unspecified atom stereocenters. The molecule has 5 rings (SSSR count).